The molecular formula is C25H29FN6O2. The minimum atomic E-state index is -0.556. The van der Waals surface area contributed by atoms with Gasteiger partial charge >= 0.3 is 6.01 Å². The van der Waals surface area contributed by atoms with E-state index in [9.17, 15) is 9.18 Å². The van der Waals surface area contributed by atoms with Gasteiger partial charge in [0.05, 0.1) is 5.56 Å². The third kappa shape index (κ3) is 5.26. The molecule has 0 atom stereocenters. The molecule has 6 rings (SSSR count). The quantitative estimate of drug-likeness (QED) is 0.492. The maximum Gasteiger partial charge on any atom is 0.315 e. The lowest BCUT2D eigenvalue weighted by Gasteiger charge is -2.31. The van der Waals surface area contributed by atoms with Gasteiger partial charge < -0.3 is 20.0 Å². The van der Waals surface area contributed by atoms with Crippen molar-refractivity contribution in [2.45, 2.75) is 25.3 Å². The molecule has 2 N–H and O–H groups in total. The number of benzene rings is 2. The van der Waals surface area contributed by atoms with E-state index in [4.69, 9.17) is 4.42 Å². The standard InChI is InChI=1S/C25H29FN6O2/c26-22-5-2-1-4-21(22)23(33)28-19-8-6-18(7-9-19)24-29-30-25(34-24)27-12-3-13-32-17-16-31-14-10-20(32)11-15-31/h1-2,4-9,20H,3,10-17H2,(H,27,30)(H,28,33). The molecule has 1 aromatic heterocycles. The minimum absolute atomic E-state index is 0.000233. The number of anilines is 2. The third-order valence-electron chi connectivity index (χ3n) is 6.61. The van der Waals surface area contributed by atoms with Gasteiger partial charge in [-0.25, -0.2) is 4.39 Å². The van der Waals surface area contributed by atoms with Gasteiger partial charge in [0, 0.05) is 43.5 Å². The van der Waals surface area contributed by atoms with Gasteiger partial charge in [0.1, 0.15) is 5.82 Å². The fourth-order valence-corrected chi connectivity index (χ4v) is 4.68. The summed E-state index contributed by atoms with van der Waals surface area (Å²) in [4.78, 5) is 17.5. The Hall–Kier alpha value is -3.30. The predicted molar refractivity (Wildman–Crippen MR) is 128 cm³/mol. The number of carbonyl (C=O) groups excluding carboxylic acids is 1. The van der Waals surface area contributed by atoms with E-state index in [1.165, 1.54) is 44.6 Å². The molecule has 0 aliphatic carbocycles. The number of rotatable bonds is 8. The number of piperidine rings is 1. The fraction of sp³-hybridized carbons (Fsp3) is 0.400. The van der Waals surface area contributed by atoms with E-state index >= 15 is 0 Å². The van der Waals surface area contributed by atoms with E-state index in [1.54, 1.807) is 36.4 Å². The first-order valence-electron chi connectivity index (χ1n) is 11.9. The Labute approximate surface area is 198 Å². The van der Waals surface area contributed by atoms with Crippen LogP contribution in [0.3, 0.4) is 0 Å². The Morgan fingerprint density at radius 3 is 2.62 bits per heavy atom. The van der Waals surface area contributed by atoms with Crippen LogP contribution in [-0.4, -0.2) is 71.2 Å². The van der Waals surface area contributed by atoms with Crippen LogP contribution in [0, 0.1) is 5.82 Å². The van der Waals surface area contributed by atoms with Crippen LogP contribution in [0.15, 0.2) is 52.9 Å². The number of carbonyl (C=O) groups is 1. The molecule has 0 radical (unpaired) electrons. The third-order valence-corrected chi connectivity index (χ3v) is 6.61. The molecule has 0 unspecified atom stereocenters. The fourth-order valence-electron chi connectivity index (χ4n) is 4.68. The molecule has 178 valence electrons. The van der Waals surface area contributed by atoms with Crippen LogP contribution in [0.25, 0.3) is 11.5 Å². The summed E-state index contributed by atoms with van der Waals surface area (Å²) in [6.45, 7) is 6.67. The van der Waals surface area contributed by atoms with Crippen LogP contribution in [-0.2, 0) is 0 Å². The first-order chi connectivity index (χ1) is 16.7. The average molecular weight is 465 g/mol. The summed E-state index contributed by atoms with van der Waals surface area (Å²) in [5, 5.41) is 14.1. The van der Waals surface area contributed by atoms with Crippen molar-refractivity contribution in [3.63, 3.8) is 0 Å². The number of nitrogens with one attached hydrogen (secondary N) is 2. The van der Waals surface area contributed by atoms with Crippen molar-refractivity contribution in [2.75, 3.05) is 49.9 Å². The van der Waals surface area contributed by atoms with Crippen molar-refractivity contribution in [3.8, 4) is 11.5 Å². The number of hydrogen-bond donors (Lipinski definition) is 2. The van der Waals surface area contributed by atoms with Gasteiger partial charge in [-0.15, -0.1) is 5.10 Å². The number of halogens is 1. The van der Waals surface area contributed by atoms with Crippen LogP contribution in [0.1, 0.15) is 29.6 Å². The second kappa shape index (κ2) is 10.3. The molecule has 3 fully saturated rings. The maximum absolute atomic E-state index is 13.8. The number of aromatic nitrogens is 2. The smallest absolute Gasteiger partial charge is 0.315 e. The second-order valence-corrected chi connectivity index (χ2v) is 8.81. The maximum atomic E-state index is 13.8. The van der Waals surface area contributed by atoms with Gasteiger partial charge in [-0.3, -0.25) is 9.69 Å². The number of fused-ring (bicyclic) bond motifs is 4. The van der Waals surface area contributed by atoms with Crippen molar-refractivity contribution in [1.29, 1.82) is 0 Å². The van der Waals surface area contributed by atoms with Gasteiger partial charge in [0.15, 0.2) is 0 Å². The van der Waals surface area contributed by atoms with E-state index in [0.717, 1.165) is 37.7 Å². The summed E-state index contributed by atoms with van der Waals surface area (Å²) in [6, 6.07) is 14.0. The topological polar surface area (TPSA) is 86.5 Å². The molecule has 0 saturated carbocycles. The minimum Gasteiger partial charge on any atom is -0.403 e. The molecule has 1 amide bonds. The SMILES string of the molecule is O=C(Nc1ccc(-c2nnc(NCCCN3CCN4CCC3CC4)o2)cc1)c1ccccc1F. The van der Waals surface area contributed by atoms with E-state index < -0.39 is 11.7 Å². The van der Waals surface area contributed by atoms with Crippen LogP contribution < -0.4 is 10.6 Å². The normalized spacial score (nSPS) is 20.1. The van der Waals surface area contributed by atoms with E-state index in [2.05, 4.69) is 30.6 Å². The molecule has 3 aromatic rings. The van der Waals surface area contributed by atoms with Gasteiger partial charge in [-0.2, -0.15) is 0 Å². The van der Waals surface area contributed by atoms with Crippen molar-refractivity contribution >= 4 is 17.6 Å². The second-order valence-electron chi connectivity index (χ2n) is 8.81. The molecule has 2 bridgehead atoms. The van der Waals surface area contributed by atoms with Crippen LogP contribution >= 0.6 is 0 Å². The lowest BCUT2D eigenvalue weighted by Crippen LogP contribution is -2.38. The van der Waals surface area contributed by atoms with Gasteiger partial charge in [-0.1, -0.05) is 17.2 Å². The van der Waals surface area contributed by atoms with E-state index in [-0.39, 0.29) is 5.56 Å². The average Bonchev–Trinajstić information content (AvgIpc) is 3.15. The predicted octanol–water partition coefficient (Wildman–Crippen LogP) is 3.71. The number of amides is 1. The Morgan fingerprint density at radius 2 is 1.82 bits per heavy atom. The van der Waals surface area contributed by atoms with Gasteiger partial charge in [0.25, 0.3) is 5.91 Å². The Balaban J connectivity index is 1.10. The number of hydrogen-bond acceptors (Lipinski definition) is 7. The lowest BCUT2D eigenvalue weighted by molar-refractivity contribution is 0.102. The highest BCUT2D eigenvalue weighted by Crippen LogP contribution is 2.23. The Bertz CT molecular complexity index is 1110. The lowest BCUT2D eigenvalue weighted by atomic mass is 10.1. The summed E-state index contributed by atoms with van der Waals surface area (Å²) in [5.41, 5.74) is 1.29. The summed E-state index contributed by atoms with van der Waals surface area (Å²) in [5.74, 6) is -0.660. The van der Waals surface area contributed by atoms with E-state index in [0.29, 0.717) is 17.6 Å². The summed E-state index contributed by atoms with van der Waals surface area (Å²) in [6.07, 6.45) is 3.59. The highest BCUT2D eigenvalue weighted by Gasteiger charge is 2.28. The van der Waals surface area contributed by atoms with Crippen LogP contribution in [0.2, 0.25) is 0 Å². The first-order valence-corrected chi connectivity index (χ1v) is 11.9. The van der Waals surface area contributed by atoms with Crippen LogP contribution in [0.5, 0.6) is 0 Å². The molecule has 34 heavy (non-hydrogen) atoms. The van der Waals surface area contributed by atoms with E-state index in [1.807, 2.05) is 0 Å². The van der Waals surface area contributed by atoms with Crippen LogP contribution in [0.4, 0.5) is 16.1 Å². The summed E-state index contributed by atoms with van der Waals surface area (Å²) in [7, 11) is 0. The Morgan fingerprint density at radius 1 is 1.03 bits per heavy atom. The van der Waals surface area contributed by atoms with Gasteiger partial charge in [0.2, 0.25) is 5.89 Å². The first kappa shape index (κ1) is 22.5. The molecule has 3 aliphatic rings. The molecule has 9 heteroatoms. The summed E-state index contributed by atoms with van der Waals surface area (Å²) >= 11 is 0. The highest BCUT2D eigenvalue weighted by molar-refractivity contribution is 6.04. The van der Waals surface area contributed by atoms with Crippen molar-refractivity contribution in [3.05, 3.63) is 59.9 Å². The molecule has 8 nitrogen and oxygen atoms in total. The molecule has 4 heterocycles. The molecule has 3 saturated heterocycles. The molecule has 3 aliphatic heterocycles. The highest BCUT2D eigenvalue weighted by atomic mass is 19.1. The largest absolute Gasteiger partial charge is 0.403 e. The van der Waals surface area contributed by atoms with Crippen molar-refractivity contribution < 1.29 is 13.6 Å². The zero-order valence-electron chi connectivity index (χ0n) is 19.0. The van der Waals surface area contributed by atoms with Crippen molar-refractivity contribution in [2.24, 2.45) is 0 Å². The number of nitrogens with zero attached hydrogens (tertiary/aromatic N) is 4. The van der Waals surface area contributed by atoms with Gasteiger partial charge in [-0.05, 0) is 68.8 Å². The monoisotopic (exact) mass is 464 g/mol. The zero-order valence-corrected chi connectivity index (χ0v) is 19.0. The van der Waals surface area contributed by atoms with Crippen molar-refractivity contribution in [1.82, 2.24) is 20.0 Å². The molecule has 0 spiro atoms. The molecule has 2 aromatic carbocycles. The molecular weight excluding hydrogens is 435 g/mol. The summed E-state index contributed by atoms with van der Waals surface area (Å²) < 4.78 is 19.5. The zero-order chi connectivity index (χ0) is 23.3. The Kier molecular flexibility index (Phi) is 6.82.